The summed E-state index contributed by atoms with van der Waals surface area (Å²) in [5, 5.41) is 0. The molecule has 3 heteroatoms. The van der Waals surface area contributed by atoms with Crippen molar-refractivity contribution >= 4 is 34.4 Å². The first-order valence-corrected chi connectivity index (χ1v) is 12.9. The zero-order valence-corrected chi connectivity index (χ0v) is 17.7. The lowest BCUT2D eigenvalue weighted by atomic mass is 10.1. The van der Waals surface area contributed by atoms with Gasteiger partial charge in [-0.3, -0.25) is 0 Å². The fraction of sp³-hybridized carbons (Fsp3) is 0.250. The van der Waals surface area contributed by atoms with Gasteiger partial charge >= 0.3 is 0 Å². The van der Waals surface area contributed by atoms with Gasteiger partial charge in [-0.05, 0) is 72.0 Å². The summed E-state index contributed by atoms with van der Waals surface area (Å²) < 4.78 is 1.42. The van der Waals surface area contributed by atoms with Crippen LogP contribution in [0.15, 0.2) is 87.5 Å². The quantitative estimate of drug-likeness (QED) is 0.465. The van der Waals surface area contributed by atoms with Crippen molar-refractivity contribution in [2.45, 2.75) is 49.5 Å². The number of fused-ring (bicyclic) bond motifs is 2. The Hall–Kier alpha value is -1.29. The molecule has 3 aromatic rings. The van der Waals surface area contributed by atoms with Gasteiger partial charge in [0.05, 0.1) is 0 Å². The van der Waals surface area contributed by atoms with Crippen molar-refractivity contribution in [2.75, 3.05) is 0 Å². The molecule has 0 N–H and O–H groups in total. The SMILES string of the molecule is [c]1ccc([SH](C2CCc3ccccc3S2)C2CCc3ccccc3S2)cc1. The van der Waals surface area contributed by atoms with Crippen LogP contribution in [0.2, 0.25) is 0 Å². The maximum Gasteiger partial charge on any atom is 0.0421 e. The minimum absolute atomic E-state index is 0.235. The van der Waals surface area contributed by atoms with E-state index in [4.69, 9.17) is 0 Å². The van der Waals surface area contributed by atoms with E-state index in [2.05, 4.69) is 102 Å². The number of thiol groups is 1. The summed E-state index contributed by atoms with van der Waals surface area (Å²) in [6, 6.07) is 30.1. The minimum atomic E-state index is -0.235. The third-order valence-corrected chi connectivity index (χ3v) is 12.4. The van der Waals surface area contributed by atoms with Crippen LogP contribution in [0, 0.1) is 6.07 Å². The summed E-state index contributed by atoms with van der Waals surface area (Å²) in [7, 11) is -0.235. The van der Waals surface area contributed by atoms with Gasteiger partial charge in [-0.1, -0.05) is 48.5 Å². The van der Waals surface area contributed by atoms with E-state index in [0.717, 1.165) is 0 Å². The van der Waals surface area contributed by atoms with Crippen LogP contribution in [0.1, 0.15) is 24.0 Å². The van der Waals surface area contributed by atoms with Gasteiger partial charge in [0.2, 0.25) is 0 Å². The summed E-state index contributed by atoms with van der Waals surface area (Å²) in [5.41, 5.74) is 3.08. The topological polar surface area (TPSA) is 0 Å². The molecule has 0 aliphatic carbocycles. The maximum atomic E-state index is 3.22. The first kappa shape index (κ1) is 17.8. The molecule has 5 rings (SSSR count). The number of hydrogen-bond donors (Lipinski definition) is 1. The van der Waals surface area contributed by atoms with Gasteiger partial charge in [0, 0.05) is 19.0 Å². The van der Waals surface area contributed by atoms with E-state index in [9.17, 15) is 0 Å². The van der Waals surface area contributed by atoms with Gasteiger partial charge in [-0.2, -0.15) is 0 Å². The standard InChI is InChI=1S/C24H23S3/c1-2-10-20(11-3-1)27(23-16-14-18-8-4-6-12-21(18)25-23)24-17-15-19-9-5-7-13-22(19)26-24/h2-13,23-24,27H,14-17H2. The van der Waals surface area contributed by atoms with Crippen LogP contribution in [0.3, 0.4) is 0 Å². The highest BCUT2D eigenvalue weighted by Crippen LogP contribution is 2.60. The van der Waals surface area contributed by atoms with Crippen molar-refractivity contribution in [3.05, 3.63) is 90.0 Å². The Morgan fingerprint density at radius 3 is 1.78 bits per heavy atom. The molecule has 3 aromatic carbocycles. The molecule has 0 bridgehead atoms. The van der Waals surface area contributed by atoms with E-state index >= 15 is 0 Å². The van der Waals surface area contributed by atoms with Gasteiger partial charge in [-0.25, -0.2) is 10.9 Å². The number of hydrogen-bond acceptors (Lipinski definition) is 2. The van der Waals surface area contributed by atoms with Crippen molar-refractivity contribution in [3.8, 4) is 0 Å². The second-order valence-electron chi connectivity index (χ2n) is 7.10. The summed E-state index contributed by atoms with van der Waals surface area (Å²) in [6.07, 6.45) is 5.04. The third-order valence-electron chi connectivity index (χ3n) is 5.41. The molecule has 0 spiro atoms. The molecular formula is C24H23S3. The molecule has 2 unspecified atom stereocenters. The molecule has 27 heavy (non-hydrogen) atoms. The summed E-state index contributed by atoms with van der Waals surface area (Å²) in [4.78, 5) is 4.56. The Morgan fingerprint density at radius 2 is 1.22 bits per heavy atom. The Kier molecular flexibility index (Phi) is 5.26. The van der Waals surface area contributed by atoms with Crippen molar-refractivity contribution < 1.29 is 0 Å². The molecule has 0 nitrogen and oxygen atoms in total. The summed E-state index contributed by atoms with van der Waals surface area (Å²) in [6.45, 7) is 0. The lowest BCUT2D eigenvalue weighted by molar-refractivity contribution is 0.834. The molecule has 0 saturated carbocycles. The molecule has 2 aliphatic heterocycles. The van der Waals surface area contributed by atoms with E-state index in [1.54, 1.807) is 4.90 Å². The maximum absolute atomic E-state index is 3.22. The van der Waals surface area contributed by atoms with Crippen molar-refractivity contribution in [3.63, 3.8) is 0 Å². The van der Waals surface area contributed by atoms with Crippen LogP contribution >= 0.6 is 34.4 Å². The Labute approximate surface area is 173 Å². The zero-order chi connectivity index (χ0) is 18.1. The summed E-state index contributed by atoms with van der Waals surface area (Å²) in [5.74, 6) is 0. The van der Waals surface area contributed by atoms with E-state index in [1.165, 1.54) is 46.6 Å². The highest BCUT2D eigenvalue weighted by atomic mass is 32.3. The van der Waals surface area contributed by atoms with Crippen LogP contribution in [0.25, 0.3) is 0 Å². The smallest absolute Gasteiger partial charge is 0.0421 e. The van der Waals surface area contributed by atoms with E-state index in [1.807, 2.05) is 0 Å². The average molecular weight is 408 g/mol. The van der Waals surface area contributed by atoms with Gasteiger partial charge in [0.25, 0.3) is 0 Å². The second-order valence-corrected chi connectivity index (χ2v) is 12.9. The molecule has 0 saturated heterocycles. The number of aryl methyl sites for hydroxylation is 2. The Bertz CT molecular complexity index is 864. The second kappa shape index (κ2) is 7.98. The van der Waals surface area contributed by atoms with Gasteiger partial charge in [-0.15, -0.1) is 23.5 Å². The third kappa shape index (κ3) is 3.70. The van der Waals surface area contributed by atoms with Crippen LogP contribution in [-0.2, 0) is 12.8 Å². The lowest BCUT2D eigenvalue weighted by Crippen LogP contribution is -2.20. The predicted molar refractivity (Wildman–Crippen MR) is 121 cm³/mol. The normalized spacial score (nSPS) is 23.2. The van der Waals surface area contributed by atoms with Gasteiger partial charge < -0.3 is 0 Å². The average Bonchev–Trinajstić information content (AvgIpc) is 2.74. The van der Waals surface area contributed by atoms with Crippen LogP contribution in [0.4, 0.5) is 0 Å². The fourth-order valence-electron chi connectivity index (χ4n) is 4.08. The molecule has 0 amide bonds. The molecular weight excluding hydrogens is 384 g/mol. The minimum Gasteiger partial charge on any atom is -0.202 e. The molecule has 1 radical (unpaired) electrons. The number of thioether (sulfide) groups is 2. The van der Waals surface area contributed by atoms with Gasteiger partial charge in [0.15, 0.2) is 0 Å². The van der Waals surface area contributed by atoms with Crippen LogP contribution in [0.5, 0.6) is 0 Å². The molecule has 2 heterocycles. The molecule has 2 atom stereocenters. The van der Waals surface area contributed by atoms with Crippen LogP contribution < -0.4 is 0 Å². The van der Waals surface area contributed by atoms with E-state index in [0.29, 0.717) is 9.16 Å². The predicted octanol–water partition coefficient (Wildman–Crippen LogP) is 6.98. The highest BCUT2D eigenvalue weighted by Gasteiger charge is 2.33. The molecule has 137 valence electrons. The first-order chi connectivity index (χ1) is 13.4. The number of benzene rings is 3. The van der Waals surface area contributed by atoms with Crippen LogP contribution in [-0.4, -0.2) is 9.16 Å². The largest absolute Gasteiger partial charge is 0.202 e. The molecule has 2 aliphatic rings. The van der Waals surface area contributed by atoms with Gasteiger partial charge in [0.1, 0.15) is 0 Å². The fourth-order valence-corrected chi connectivity index (χ4v) is 11.9. The highest BCUT2D eigenvalue weighted by molar-refractivity contribution is 8.33. The van der Waals surface area contributed by atoms with Crippen molar-refractivity contribution in [1.82, 2.24) is 0 Å². The van der Waals surface area contributed by atoms with E-state index < -0.39 is 0 Å². The number of rotatable bonds is 3. The summed E-state index contributed by atoms with van der Waals surface area (Å²) >= 11 is 4.28. The Balaban J connectivity index is 1.48. The van der Waals surface area contributed by atoms with Crippen molar-refractivity contribution in [2.24, 2.45) is 0 Å². The van der Waals surface area contributed by atoms with E-state index in [-0.39, 0.29) is 10.9 Å². The van der Waals surface area contributed by atoms with Crippen molar-refractivity contribution in [1.29, 1.82) is 0 Å². The monoisotopic (exact) mass is 407 g/mol. The zero-order valence-electron chi connectivity index (χ0n) is 15.2. The molecule has 0 aromatic heterocycles. The molecule has 0 fully saturated rings. The Morgan fingerprint density at radius 1 is 0.704 bits per heavy atom. The lowest BCUT2D eigenvalue weighted by Gasteiger charge is -2.41. The first-order valence-electron chi connectivity index (χ1n) is 9.62.